The normalized spacial score (nSPS) is 14.7. The Bertz CT molecular complexity index is 397. The van der Waals surface area contributed by atoms with E-state index < -0.39 is 0 Å². The second kappa shape index (κ2) is 5.94. The van der Waals surface area contributed by atoms with Crippen molar-refractivity contribution in [2.45, 2.75) is 39.8 Å². The van der Waals surface area contributed by atoms with Crippen LogP contribution in [-0.4, -0.2) is 28.6 Å². The molecule has 0 aromatic carbocycles. The van der Waals surface area contributed by atoms with E-state index in [0.29, 0.717) is 5.92 Å². The molecular weight excluding hydrogens is 226 g/mol. The molecule has 0 atom stereocenters. The lowest BCUT2D eigenvalue weighted by atomic mass is 10.1. The molecule has 0 spiro atoms. The number of rotatable bonds is 4. The molecule has 100 valence electrons. The van der Waals surface area contributed by atoms with E-state index in [4.69, 9.17) is 0 Å². The van der Waals surface area contributed by atoms with Crippen molar-refractivity contribution in [1.29, 1.82) is 0 Å². The average molecular weight is 249 g/mol. The lowest BCUT2D eigenvalue weighted by molar-refractivity contribution is 0.183. The van der Waals surface area contributed by atoms with E-state index in [1.54, 1.807) is 0 Å². The topological polar surface area (TPSA) is 37.3 Å². The standard InChI is InChI=1S/C14H23N3O/c1-12(2)5-3-7-15-14(18)17-10-9-16-8-4-6-13(16)11-17/h4,6,8,12H,3,5,7,9-11H2,1-2H3,(H,15,18). The van der Waals surface area contributed by atoms with Gasteiger partial charge in [0.15, 0.2) is 0 Å². The predicted octanol–water partition coefficient (Wildman–Crippen LogP) is 2.45. The first-order valence-corrected chi connectivity index (χ1v) is 6.83. The molecule has 1 aromatic rings. The van der Waals surface area contributed by atoms with E-state index in [2.05, 4.69) is 36.0 Å². The first-order chi connectivity index (χ1) is 8.66. The van der Waals surface area contributed by atoms with E-state index in [1.807, 2.05) is 11.0 Å². The van der Waals surface area contributed by atoms with Gasteiger partial charge in [-0.05, 0) is 30.9 Å². The molecule has 0 unspecified atom stereocenters. The molecule has 18 heavy (non-hydrogen) atoms. The highest BCUT2D eigenvalue weighted by molar-refractivity contribution is 5.74. The molecule has 4 heteroatoms. The molecule has 0 fully saturated rings. The summed E-state index contributed by atoms with van der Waals surface area (Å²) in [6.45, 7) is 7.64. The number of aromatic nitrogens is 1. The molecule has 1 aliphatic rings. The summed E-state index contributed by atoms with van der Waals surface area (Å²) in [6.07, 6.45) is 4.31. The SMILES string of the molecule is CC(C)CCCNC(=O)N1CCn2cccc2C1. The van der Waals surface area contributed by atoms with Gasteiger partial charge in [0.25, 0.3) is 0 Å². The highest BCUT2D eigenvalue weighted by atomic mass is 16.2. The van der Waals surface area contributed by atoms with Crippen LogP contribution in [0.2, 0.25) is 0 Å². The van der Waals surface area contributed by atoms with Crippen molar-refractivity contribution in [2.75, 3.05) is 13.1 Å². The Balaban J connectivity index is 1.74. The van der Waals surface area contributed by atoms with E-state index in [0.717, 1.165) is 32.6 Å². The van der Waals surface area contributed by atoms with Crippen LogP contribution in [0, 0.1) is 5.92 Å². The lowest BCUT2D eigenvalue weighted by Gasteiger charge is -2.28. The third-order valence-corrected chi connectivity index (χ3v) is 3.41. The van der Waals surface area contributed by atoms with E-state index in [9.17, 15) is 4.79 Å². The van der Waals surface area contributed by atoms with Crippen LogP contribution in [0.3, 0.4) is 0 Å². The number of urea groups is 1. The van der Waals surface area contributed by atoms with Crippen LogP contribution in [0.15, 0.2) is 18.3 Å². The number of hydrogen-bond donors (Lipinski definition) is 1. The van der Waals surface area contributed by atoms with E-state index in [-0.39, 0.29) is 6.03 Å². The molecule has 0 saturated carbocycles. The summed E-state index contributed by atoms with van der Waals surface area (Å²) in [5.41, 5.74) is 1.22. The van der Waals surface area contributed by atoms with Gasteiger partial charge in [0.2, 0.25) is 0 Å². The van der Waals surface area contributed by atoms with Crippen LogP contribution in [-0.2, 0) is 13.1 Å². The molecule has 0 bridgehead atoms. The number of nitrogens with zero attached hydrogens (tertiary/aromatic N) is 2. The highest BCUT2D eigenvalue weighted by Gasteiger charge is 2.19. The van der Waals surface area contributed by atoms with Gasteiger partial charge in [0.05, 0.1) is 6.54 Å². The second-order valence-corrected chi connectivity index (χ2v) is 5.38. The summed E-state index contributed by atoms with van der Waals surface area (Å²) in [5, 5.41) is 3.01. The van der Waals surface area contributed by atoms with Crippen LogP contribution >= 0.6 is 0 Å². The summed E-state index contributed by atoms with van der Waals surface area (Å²) in [4.78, 5) is 13.9. The first kappa shape index (κ1) is 13.0. The molecule has 1 aromatic heterocycles. The van der Waals surface area contributed by atoms with E-state index >= 15 is 0 Å². The molecular formula is C14H23N3O. The highest BCUT2D eigenvalue weighted by Crippen LogP contribution is 2.12. The van der Waals surface area contributed by atoms with Gasteiger partial charge in [-0.15, -0.1) is 0 Å². The van der Waals surface area contributed by atoms with E-state index in [1.165, 1.54) is 12.1 Å². The smallest absolute Gasteiger partial charge is 0.317 e. The molecule has 4 nitrogen and oxygen atoms in total. The second-order valence-electron chi connectivity index (χ2n) is 5.38. The fraction of sp³-hybridized carbons (Fsp3) is 0.643. The molecule has 1 aliphatic heterocycles. The summed E-state index contributed by atoms with van der Waals surface area (Å²) < 4.78 is 2.21. The Kier molecular flexibility index (Phi) is 4.28. The predicted molar refractivity (Wildman–Crippen MR) is 72.3 cm³/mol. The fourth-order valence-electron chi connectivity index (χ4n) is 2.30. The van der Waals surface area contributed by atoms with Gasteiger partial charge in [0, 0.05) is 31.5 Å². The molecule has 0 saturated heterocycles. The van der Waals surface area contributed by atoms with Gasteiger partial charge in [0.1, 0.15) is 0 Å². The summed E-state index contributed by atoms with van der Waals surface area (Å²) in [5.74, 6) is 0.708. The Morgan fingerprint density at radius 3 is 3.06 bits per heavy atom. The maximum Gasteiger partial charge on any atom is 0.317 e. The Morgan fingerprint density at radius 1 is 1.44 bits per heavy atom. The maximum atomic E-state index is 12.0. The van der Waals surface area contributed by atoms with Crippen molar-refractivity contribution in [3.63, 3.8) is 0 Å². The average Bonchev–Trinajstić information content (AvgIpc) is 2.81. The summed E-state index contributed by atoms with van der Waals surface area (Å²) in [7, 11) is 0. The summed E-state index contributed by atoms with van der Waals surface area (Å²) >= 11 is 0. The van der Waals surface area contributed by atoms with Crippen molar-refractivity contribution < 1.29 is 4.79 Å². The van der Waals surface area contributed by atoms with Crippen molar-refractivity contribution in [3.05, 3.63) is 24.0 Å². The number of carbonyl (C=O) groups excluding carboxylic acids is 1. The third-order valence-electron chi connectivity index (χ3n) is 3.41. The largest absolute Gasteiger partial charge is 0.348 e. The van der Waals surface area contributed by atoms with Gasteiger partial charge >= 0.3 is 6.03 Å². The quantitative estimate of drug-likeness (QED) is 0.818. The van der Waals surface area contributed by atoms with Crippen LogP contribution in [0.4, 0.5) is 4.79 Å². The minimum atomic E-state index is 0.0752. The van der Waals surface area contributed by atoms with Crippen LogP contribution in [0.5, 0.6) is 0 Å². The Morgan fingerprint density at radius 2 is 2.28 bits per heavy atom. The molecule has 1 N–H and O–H groups in total. The monoisotopic (exact) mass is 249 g/mol. The Hall–Kier alpha value is -1.45. The lowest BCUT2D eigenvalue weighted by Crippen LogP contribution is -2.44. The molecule has 2 heterocycles. The number of nitrogens with one attached hydrogen (secondary N) is 1. The molecule has 0 aliphatic carbocycles. The molecule has 0 radical (unpaired) electrons. The minimum Gasteiger partial charge on any atom is -0.348 e. The van der Waals surface area contributed by atoms with Gasteiger partial charge in [-0.3, -0.25) is 0 Å². The molecule has 2 rings (SSSR count). The van der Waals surface area contributed by atoms with Crippen LogP contribution in [0.1, 0.15) is 32.4 Å². The zero-order valence-electron chi connectivity index (χ0n) is 11.4. The number of carbonyl (C=O) groups is 1. The summed E-state index contributed by atoms with van der Waals surface area (Å²) in [6, 6.07) is 4.20. The van der Waals surface area contributed by atoms with Gasteiger partial charge < -0.3 is 14.8 Å². The number of hydrogen-bond acceptors (Lipinski definition) is 1. The Labute approximate surface area is 109 Å². The fourth-order valence-corrected chi connectivity index (χ4v) is 2.30. The van der Waals surface area contributed by atoms with Crippen LogP contribution < -0.4 is 5.32 Å². The van der Waals surface area contributed by atoms with Crippen molar-refractivity contribution >= 4 is 6.03 Å². The maximum absolute atomic E-state index is 12.0. The zero-order valence-corrected chi connectivity index (χ0v) is 11.4. The van der Waals surface area contributed by atoms with Crippen molar-refractivity contribution in [2.24, 2.45) is 5.92 Å². The number of amides is 2. The van der Waals surface area contributed by atoms with Gasteiger partial charge in [-0.25, -0.2) is 4.79 Å². The number of fused-ring (bicyclic) bond motifs is 1. The van der Waals surface area contributed by atoms with Crippen molar-refractivity contribution in [1.82, 2.24) is 14.8 Å². The van der Waals surface area contributed by atoms with Crippen LogP contribution in [0.25, 0.3) is 0 Å². The van der Waals surface area contributed by atoms with Gasteiger partial charge in [-0.1, -0.05) is 13.8 Å². The van der Waals surface area contributed by atoms with Crippen molar-refractivity contribution in [3.8, 4) is 0 Å². The first-order valence-electron chi connectivity index (χ1n) is 6.83. The molecule has 2 amide bonds. The zero-order chi connectivity index (χ0) is 13.0. The minimum absolute atomic E-state index is 0.0752. The van der Waals surface area contributed by atoms with Gasteiger partial charge in [-0.2, -0.15) is 0 Å². The third kappa shape index (κ3) is 3.28.